The van der Waals surface area contributed by atoms with E-state index in [-0.39, 0.29) is 30.0 Å². The van der Waals surface area contributed by atoms with Gasteiger partial charge in [-0.15, -0.1) is 0 Å². The molecule has 4 unspecified atom stereocenters. The van der Waals surface area contributed by atoms with Crippen LogP contribution in [0.4, 0.5) is 4.39 Å². The zero-order valence-electron chi connectivity index (χ0n) is 12.3. The summed E-state index contributed by atoms with van der Waals surface area (Å²) in [6, 6.07) is 6.49. The van der Waals surface area contributed by atoms with E-state index in [0.717, 1.165) is 31.2 Å². The average Bonchev–Trinajstić information content (AvgIpc) is 2.39. The van der Waals surface area contributed by atoms with Gasteiger partial charge in [0.2, 0.25) is 0 Å². The average molecular weight is 280 g/mol. The molecule has 0 spiro atoms. The summed E-state index contributed by atoms with van der Waals surface area (Å²) < 4.78 is 13.5. The zero-order chi connectivity index (χ0) is 14.7. The van der Waals surface area contributed by atoms with Crippen LogP contribution in [0.3, 0.4) is 0 Å². The second kappa shape index (κ2) is 6.66. The highest BCUT2D eigenvalue weighted by atomic mass is 19.1. The summed E-state index contributed by atoms with van der Waals surface area (Å²) in [6.07, 6.45) is 3.69. The zero-order valence-corrected chi connectivity index (χ0v) is 12.3. The fraction of sp³-hybridized carbons (Fsp3) is 0.625. The van der Waals surface area contributed by atoms with Gasteiger partial charge in [0.25, 0.3) is 0 Å². The van der Waals surface area contributed by atoms with Crippen LogP contribution in [0.25, 0.3) is 0 Å². The Balaban J connectivity index is 2.23. The highest BCUT2D eigenvalue weighted by Gasteiger charge is 2.32. The van der Waals surface area contributed by atoms with Gasteiger partial charge in [-0.05, 0) is 44.5 Å². The lowest BCUT2D eigenvalue weighted by Crippen LogP contribution is -2.49. The molecule has 1 aliphatic carbocycles. The molecular formula is C16H25FN2O. The van der Waals surface area contributed by atoms with Crippen LogP contribution in [-0.4, -0.2) is 35.2 Å². The molecular weight excluding hydrogens is 255 g/mol. The predicted molar refractivity (Wildman–Crippen MR) is 78.8 cm³/mol. The first kappa shape index (κ1) is 15.4. The molecule has 0 amide bonds. The Morgan fingerprint density at radius 1 is 1.35 bits per heavy atom. The van der Waals surface area contributed by atoms with Crippen molar-refractivity contribution in [2.75, 3.05) is 7.05 Å². The van der Waals surface area contributed by atoms with Crippen LogP contribution in [0.5, 0.6) is 0 Å². The SMILES string of the molecule is CC(N)C(c1cccc(F)c1)N(C)C1CCCCC1O. The van der Waals surface area contributed by atoms with E-state index in [9.17, 15) is 9.50 Å². The molecule has 0 bridgehead atoms. The molecule has 3 N–H and O–H groups in total. The fourth-order valence-corrected chi connectivity index (χ4v) is 3.37. The largest absolute Gasteiger partial charge is 0.391 e. The molecule has 112 valence electrons. The Kier molecular flexibility index (Phi) is 5.13. The number of aliphatic hydroxyl groups is 1. The van der Waals surface area contributed by atoms with Crippen molar-refractivity contribution in [2.45, 2.75) is 56.8 Å². The summed E-state index contributed by atoms with van der Waals surface area (Å²) in [5.74, 6) is -0.245. The molecule has 20 heavy (non-hydrogen) atoms. The van der Waals surface area contributed by atoms with Gasteiger partial charge in [-0.2, -0.15) is 0 Å². The summed E-state index contributed by atoms with van der Waals surface area (Å²) in [7, 11) is 1.98. The number of benzene rings is 1. The highest BCUT2D eigenvalue weighted by Crippen LogP contribution is 2.31. The third kappa shape index (κ3) is 3.37. The van der Waals surface area contributed by atoms with E-state index >= 15 is 0 Å². The van der Waals surface area contributed by atoms with Crippen LogP contribution in [0.1, 0.15) is 44.2 Å². The smallest absolute Gasteiger partial charge is 0.123 e. The van der Waals surface area contributed by atoms with Crippen molar-refractivity contribution in [2.24, 2.45) is 5.73 Å². The molecule has 1 aromatic rings. The Bertz CT molecular complexity index is 438. The molecule has 0 radical (unpaired) electrons. The number of nitrogens with zero attached hydrogens (tertiary/aromatic N) is 1. The van der Waals surface area contributed by atoms with E-state index in [2.05, 4.69) is 4.90 Å². The molecule has 1 aliphatic rings. The topological polar surface area (TPSA) is 49.5 Å². The molecule has 0 saturated heterocycles. The molecule has 0 aliphatic heterocycles. The number of rotatable bonds is 4. The normalized spacial score (nSPS) is 26.5. The highest BCUT2D eigenvalue weighted by molar-refractivity contribution is 5.22. The van der Waals surface area contributed by atoms with Crippen molar-refractivity contribution in [3.05, 3.63) is 35.6 Å². The van der Waals surface area contributed by atoms with Gasteiger partial charge in [-0.3, -0.25) is 4.90 Å². The Morgan fingerprint density at radius 2 is 2.05 bits per heavy atom. The standard InChI is InChI=1S/C16H25FN2O/c1-11(18)16(12-6-5-7-13(17)10-12)19(2)14-8-3-4-9-15(14)20/h5-7,10-11,14-16,20H,3-4,8-9,18H2,1-2H3. The van der Waals surface area contributed by atoms with Crippen LogP contribution in [-0.2, 0) is 0 Å². The van der Waals surface area contributed by atoms with Crippen molar-refractivity contribution in [1.29, 1.82) is 0 Å². The van der Waals surface area contributed by atoms with E-state index in [1.54, 1.807) is 12.1 Å². The van der Waals surface area contributed by atoms with Gasteiger partial charge < -0.3 is 10.8 Å². The molecule has 3 nitrogen and oxygen atoms in total. The maximum absolute atomic E-state index is 13.5. The minimum Gasteiger partial charge on any atom is -0.391 e. The third-order valence-corrected chi connectivity index (χ3v) is 4.34. The van der Waals surface area contributed by atoms with Crippen LogP contribution in [0, 0.1) is 5.82 Å². The van der Waals surface area contributed by atoms with Gasteiger partial charge in [-0.1, -0.05) is 25.0 Å². The third-order valence-electron chi connectivity index (χ3n) is 4.34. The predicted octanol–water partition coefficient (Wildman–Crippen LogP) is 2.45. The van der Waals surface area contributed by atoms with Crippen LogP contribution in [0.15, 0.2) is 24.3 Å². The Labute approximate surface area is 120 Å². The summed E-state index contributed by atoms with van der Waals surface area (Å²) >= 11 is 0. The van der Waals surface area contributed by atoms with E-state index in [4.69, 9.17) is 5.73 Å². The van der Waals surface area contributed by atoms with Crippen LogP contribution in [0.2, 0.25) is 0 Å². The maximum Gasteiger partial charge on any atom is 0.123 e. The second-order valence-electron chi connectivity index (χ2n) is 5.94. The molecule has 4 atom stereocenters. The lowest BCUT2D eigenvalue weighted by molar-refractivity contribution is 0.00786. The minimum absolute atomic E-state index is 0.0801. The van der Waals surface area contributed by atoms with Crippen molar-refractivity contribution in [3.63, 3.8) is 0 Å². The molecule has 1 saturated carbocycles. The number of likely N-dealkylation sites (N-methyl/N-ethyl adjacent to an activating group) is 1. The van der Waals surface area contributed by atoms with Crippen molar-refractivity contribution in [1.82, 2.24) is 4.90 Å². The lowest BCUT2D eigenvalue weighted by Gasteiger charge is -2.41. The van der Waals surface area contributed by atoms with Crippen molar-refractivity contribution < 1.29 is 9.50 Å². The number of nitrogens with two attached hydrogens (primary N) is 1. The van der Waals surface area contributed by atoms with Gasteiger partial charge in [0, 0.05) is 18.1 Å². The molecule has 0 aromatic heterocycles. The monoisotopic (exact) mass is 280 g/mol. The van der Waals surface area contributed by atoms with Crippen LogP contribution < -0.4 is 5.73 Å². The van der Waals surface area contributed by atoms with Crippen LogP contribution >= 0.6 is 0 Å². The van der Waals surface area contributed by atoms with E-state index in [1.165, 1.54) is 6.07 Å². The summed E-state index contributed by atoms with van der Waals surface area (Å²) in [5.41, 5.74) is 7.00. The Morgan fingerprint density at radius 3 is 2.65 bits per heavy atom. The number of halogens is 1. The fourth-order valence-electron chi connectivity index (χ4n) is 3.37. The second-order valence-corrected chi connectivity index (χ2v) is 5.94. The van der Waals surface area contributed by atoms with Crippen molar-refractivity contribution in [3.8, 4) is 0 Å². The molecule has 2 rings (SSSR count). The molecule has 4 heteroatoms. The van der Waals surface area contributed by atoms with Gasteiger partial charge in [-0.25, -0.2) is 4.39 Å². The maximum atomic E-state index is 13.5. The quantitative estimate of drug-likeness (QED) is 0.890. The van der Waals surface area contributed by atoms with Gasteiger partial charge in [0.05, 0.1) is 6.10 Å². The van der Waals surface area contributed by atoms with E-state index in [1.807, 2.05) is 20.0 Å². The first-order valence-electron chi connectivity index (χ1n) is 7.41. The van der Waals surface area contributed by atoms with Gasteiger partial charge in [0.1, 0.15) is 5.82 Å². The van der Waals surface area contributed by atoms with E-state index in [0.29, 0.717) is 0 Å². The van der Waals surface area contributed by atoms with Crippen molar-refractivity contribution >= 4 is 0 Å². The molecule has 1 aromatic carbocycles. The van der Waals surface area contributed by atoms with Gasteiger partial charge in [0.15, 0.2) is 0 Å². The number of aliphatic hydroxyl groups excluding tert-OH is 1. The number of hydrogen-bond acceptors (Lipinski definition) is 3. The minimum atomic E-state index is -0.316. The summed E-state index contributed by atoms with van der Waals surface area (Å²) in [5, 5.41) is 10.2. The van der Waals surface area contributed by atoms with E-state index < -0.39 is 0 Å². The molecule has 0 heterocycles. The number of hydrogen-bond donors (Lipinski definition) is 2. The first-order valence-corrected chi connectivity index (χ1v) is 7.41. The van der Waals surface area contributed by atoms with Gasteiger partial charge >= 0.3 is 0 Å². The Hall–Kier alpha value is -0.970. The lowest BCUT2D eigenvalue weighted by atomic mass is 9.88. The first-order chi connectivity index (χ1) is 9.50. The summed E-state index contributed by atoms with van der Waals surface area (Å²) in [4.78, 5) is 2.13. The summed E-state index contributed by atoms with van der Waals surface area (Å²) in [6.45, 7) is 1.93. The molecule has 1 fully saturated rings.